The Hall–Kier alpha value is -3.59. The number of benzene rings is 2. The van der Waals surface area contributed by atoms with Crippen LogP contribution in [-0.2, 0) is 11.0 Å². The summed E-state index contributed by atoms with van der Waals surface area (Å²) in [4.78, 5) is 13.0. The minimum Gasteiger partial charge on any atom is -0.459 e. The molecule has 2 aromatic carbocycles. The molecule has 5 nitrogen and oxygen atoms in total. The number of rotatable bonds is 4. The lowest BCUT2D eigenvalue weighted by Gasteiger charge is -2.28. The average molecular weight is 457 g/mol. The van der Waals surface area contributed by atoms with Gasteiger partial charge in [-0.2, -0.15) is 13.2 Å². The number of carbonyl (C=O) groups is 1. The number of allylic oxidation sites excluding steroid dienone is 1. The normalized spacial score (nSPS) is 16.4. The zero-order valence-corrected chi connectivity index (χ0v) is 17.6. The maximum atomic E-state index is 13.1. The van der Waals surface area contributed by atoms with Gasteiger partial charge in [-0.15, -0.1) is 0 Å². The van der Waals surface area contributed by atoms with Crippen LogP contribution >= 0.6 is 12.2 Å². The van der Waals surface area contributed by atoms with Gasteiger partial charge in [-0.25, -0.2) is 0 Å². The second kappa shape index (κ2) is 8.51. The van der Waals surface area contributed by atoms with E-state index in [4.69, 9.17) is 16.6 Å². The number of alkyl halides is 3. The van der Waals surface area contributed by atoms with E-state index < -0.39 is 17.8 Å². The highest BCUT2D eigenvalue weighted by Gasteiger charge is 2.33. The Morgan fingerprint density at radius 2 is 1.81 bits per heavy atom. The first-order valence-corrected chi connectivity index (χ1v) is 10.1. The van der Waals surface area contributed by atoms with Gasteiger partial charge in [0.15, 0.2) is 5.11 Å². The molecule has 1 aromatic heterocycles. The molecule has 9 heteroatoms. The van der Waals surface area contributed by atoms with Crippen LogP contribution in [0.5, 0.6) is 0 Å². The Labute approximate surface area is 187 Å². The first-order valence-electron chi connectivity index (χ1n) is 9.64. The molecular weight excluding hydrogens is 439 g/mol. The third-order valence-corrected chi connectivity index (χ3v) is 5.15. The lowest BCUT2D eigenvalue weighted by Crippen LogP contribution is -2.45. The molecule has 32 heavy (non-hydrogen) atoms. The zero-order valence-electron chi connectivity index (χ0n) is 16.8. The minimum absolute atomic E-state index is 0.248. The third-order valence-electron chi connectivity index (χ3n) is 4.93. The van der Waals surface area contributed by atoms with E-state index in [-0.39, 0.29) is 17.2 Å². The topological polar surface area (TPSA) is 66.3 Å². The number of halogens is 3. The van der Waals surface area contributed by atoms with Crippen LogP contribution in [0.3, 0.4) is 0 Å². The van der Waals surface area contributed by atoms with Crippen LogP contribution < -0.4 is 16.0 Å². The molecule has 0 fully saturated rings. The summed E-state index contributed by atoms with van der Waals surface area (Å²) in [5, 5.41) is 9.08. The molecular formula is C23H18F3N3O2S. The number of amides is 1. The van der Waals surface area contributed by atoms with Gasteiger partial charge in [0.1, 0.15) is 17.6 Å². The molecule has 0 saturated carbocycles. The molecule has 164 valence electrons. The lowest BCUT2D eigenvalue weighted by atomic mass is 10.00. The third kappa shape index (κ3) is 4.52. The van der Waals surface area contributed by atoms with E-state index in [0.29, 0.717) is 27.8 Å². The van der Waals surface area contributed by atoms with Crippen LogP contribution in [0.2, 0.25) is 0 Å². The van der Waals surface area contributed by atoms with Crippen LogP contribution in [0.4, 0.5) is 18.9 Å². The molecule has 0 unspecified atom stereocenters. The smallest absolute Gasteiger partial charge is 0.416 e. The van der Waals surface area contributed by atoms with Crippen LogP contribution in [0.25, 0.3) is 11.3 Å². The maximum absolute atomic E-state index is 13.1. The van der Waals surface area contributed by atoms with Gasteiger partial charge < -0.3 is 20.4 Å². The van der Waals surface area contributed by atoms with E-state index in [1.807, 2.05) is 6.07 Å². The Kier molecular flexibility index (Phi) is 5.75. The molecule has 3 aromatic rings. The van der Waals surface area contributed by atoms with Gasteiger partial charge >= 0.3 is 6.18 Å². The Bertz CT molecular complexity index is 1200. The lowest BCUT2D eigenvalue weighted by molar-refractivity contribution is -0.137. The highest BCUT2D eigenvalue weighted by Crippen LogP contribution is 2.35. The van der Waals surface area contributed by atoms with E-state index >= 15 is 0 Å². The van der Waals surface area contributed by atoms with E-state index in [9.17, 15) is 18.0 Å². The fourth-order valence-electron chi connectivity index (χ4n) is 3.44. The van der Waals surface area contributed by atoms with Crippen molar-refractivity contribution in [1.82, 2.24) is 10.6 Å². The van der Waals surface area contributed by atoms with Gasteiger partial charge in [-0.05, 0) is 55.5 Å². The number of furan rings is 1. The van der Waals surface area contributed by atoms with Gasteiger partial charge in [-0.3, -0.25) is 4.79 Å². The molecule has 1 atom stereocenters. The van der Waals surface area contributed by atoms with Gasteiger partial charge in [0.05, 0.1) is 11.1 Å². The number of thiocarbonyl (C=S) groups is 1. The Morgan fingerprint density at radius 3 is 2.53 bits per heavy atom. The molecule has 0 aliphatic carbocycles. The van der Waals surface area contributed by atoms with Crippen molar-refractivity contribution in [3.8, 4) is 11.3 Å². The van der Waals surface area contributed by atoms with Gasteiger partial charge in [0.2, 0.25) is 0 Å². The predicted molar refractivity (Wildman–Crippen MR) is 119 cm³/mol. The van der Waals surface area contributed by atoms with Crippen molar-refractivity contribution < 1.29 is 22.4 Å². The molecule has 1 amide bonds. The summed E-state index contributed by atoms with van der Waals surface area (Å²) < 4.78 is 45.1. The summed E-state index contributed by atoms with van der Waals surface area (Å²) in [5.41, 5.74) is 1.02. The largest absolute Gasteiger partial charge is 0.459 e. The van der Waals surface area contributed by atoms with Crippen molar-refractivity contribution in [1.29, 1.82) is 0 Å². The second-order valence-corrected chi connectivity index (χ2v) is 7.58. The maximum Gasteiger partial charge on any atom is 0.416 e. The zero-order chi connectivity index (χ0) is 22.9. The minimum atomic E-state index is -4.46. The van der Waals surface area contributed by atoms with Crippen LogP contribution in [0, 0.1) is 0 Å². The second-order valence-electron chi connectivity index (χ2n) is 7.17. The van der Waals surface area contributed by atoms with Crippen molar-refractivity contribution in [3.63, 3.8) is 0 Å². The van der Waals surface area contributed by atoms with Crippen molar-refractivity contribution >= 4 is 28.9 Å². The molecule has 3 N–H and O–H groups in total. The van der Waals surface area contributed by atoms with Gasteiger partial charge in [0, 0.05) is 16.9 Å². The fourth-order valence-corrected chi connectivity index (χ4v) is 3.71. The quantitative estimate of drug-likeness (QED) is 0.458. The van der Waals surface area contributed by atoms with E-state index in [2.05, 4.69) is 16.0 Å². The van der Waals surface area contributed by atoms with E-state index in [1.165, 1.54) is 12.1 Å². The van der Waals surface area contributed by atoms with Crippen molar-refractivity contribution in [2.24, 2.45) is 0 Å². The number of carbonyl (C=O) groups excluding carboxylic acids is 1. The fraction of sp³-hybridized carbons (Fsp3) is 0.130. The Balaban J connectivity index is 1.66. The molecule has 1 aliphatic heterocycles. The number of hydrogen-bond acceptors (Lipinski definition) is 3. The van der Waals surface area contributed by atoms with E-state index in [1.54, 1.807) is 43.3 Å². The van der Waals surface area contributed by atoms with Gasteiger partial charge in [-0.1, -0.05) is 30.3 Å². The molecule has 4 rings (SSSR count). The molecule has 0 radical (unpaired) electrons. The van der Waals surface area contributed by atoms with Gasteiger partial charge in [0.25, 0.3) is 5.91 Å². The summed E-state index contributed by atoms with van der Waals surface area (Å²) in [6.07, 6.45) is -4.46. The number of anilines is 1. The van der Waals surface area contributed by atoms with Crippen molar-refractivity contribution in [2.75, 3.05) is 5.32 Å². The summed E-state index contributed by atoms with van der Waals surface area (Å²) in [6, 6.07) is 16.3. The molecule has 0 spiro atoms. The standard InChI is InChI=1S/C23H18F3N3O2S/c1-13-19(21(30)28-16-8-3-2-4-9-16)20(29-22(32)27-13)18-11-10-17(31-18)14-6-5-7-15(12-14)23(24,25)26/h2-12,20H,1H3,(H,28,30)(H2,27,29,32)/t20-/m0/s1. The first kappa shape index (κ1) is 21.6. The molecule has 1 aliphatic rings. The number of para-hydroxylation sites is 1. The van der Waals surface area contributed by atoms with Crippen LogP contribution in [0.15, 0.2) is 82.4 Å². The SMILES string of the molecule is CC1=C(C(=O)Nc2ccccc2)[C@H](c2ccc(-c3cccc(C(F)(F)F)c3)o2)NC(=S)N1. The Morgan fingerprint density at radius 1 is 1.06 bits per heavy atom. The van der Waals surface area contributed by atoms with Crippen molar-refractivity contribution in [3.05, 3.63) is 89.3 Å². The summed E-state index contributed by atoms with van der Waals surface area (Å²) >= 11 is 5.23. The van der Waals surface area contributed by atoms with Crippen LogP contribution in [0.1, 0.15) is 24.3 Å². The number of nitrogens with one attached hydrogen (secondary N) is 3. The summed E-state index contributed by atoms with van der Waals surface area (Å²) in [5.74, 6) is 0.231. The molecule has 0 saturated heterocycles. The predicted octanol–water partition coefficient (Wildman–Crippen LogP) is 5.40. The highest BCUT2D eigenvalue weighted by atomic mass is 32.1. The summed E-state index contributed by atoms with van der Waals surface area (Å²) in [7, 11) is 0. The number of hydrogen-bond donors (Lipinski definition) is 3. The molecule has 2 heterocycles. The molecule has 0 bridgehead atoms. The average Bonchev–Trinajstić information content (AvgIpc) is 3.23. The summed E-state index contributed by atoms with van der Waals surface area (Å²) in [6.45, 7) is 1.72. The van der Waals surface area contributed by atoms with Crippen LogP contribution in [-0.4, -0.2) is 11.0 Å². The van der Waals surface area contributed by atoms with E-state index in [0.717, 1.165) is 12.1 Å². The monoisotopic (exact) mass is 457 g/mol. The van der Waals surface area contributed by atoms with Crippen molar-refractivity contribution in [2.45, 2.75) is 19.1 Å². The highest BCUT2D eigenvalue weighted by molar-refractivity contribution is 7.80. The first-order chi connectivity index (χ1) is 15.2.